The number of nitrogens with two attached hydrogens (primary N) is 1. The third kappa shape index (κ3) is 0.864. The van der Waals surface area contributed by atoms with E-state index in [0.717, 1.165) is 5.69 Å². The smallest absolute Gasteiger partial charge is 0.220 e. The van der Waals surface area contributed by atoms with E-state index in [0.29, 0.717) is 17.3 Å². The molecule has 0 aliphatic heterocycles. The Labute approximate surface area is 96.5 Å². The SMILES string of the molecule is Cc1nc(N)nc2c1[C@@H]1CC[C@@]2(C)C1(C)C. The first-order valence-electron chi connectivity index (χ1n) is 6.02. The van der Waals surface area contributed by atoms with Crippen LogP contribution in [0.1, 0.15) is 56.5 Å². The Morgan fingerprint density at radius 2 is 1.94 bits per heavy atom. The largest absolute Gasteiger partial charge is 0.368 e. The Hall–Kier alpha value is -1.12. The van der Waals surface area contributed by atoms with Crippen molar-refractivity contribution in [3.8, 4) is 0 Å². The lowest BCUT2D eigenvalue weighted by Gasteiger charge is -2.34. The lowest BCUT2D eigenvalue weighted by atomic mass is 9.70. The van der Waals surface area contributed by atoms with Crippen molar-refractivity contribution in [2.24, 2.45) is 5.41 Å². The van der Waals surface area contributed by atoms with Gasteiger partial charge in [-0.2, -0.15) is 0 Å². The number of aryl methyl sites for hydroxylation is 1. The number of nitrogen functional groups attached to an aromatic ring is 1. The predicted molar refractivity (Wildman–Crippen MR) is 64.3 cm³/mol. The molecule has 1 aromatic heterocycles. The molecule has 86 valence electrons. The summed E-state index contributed by atoms with van der Waals surface area (Å²) in [5.74, 6) is 1.05. The fraction of sp³-hybridized carbons (Fsp3) is 0.692. The van der Waals surface area contributed by atoms with E-state index in [-0.39, 0.29) is 5.41 Å². The first-order valence-corrected chi connectivity index (χ1v) is 6.02. The summed E-state index contributed by atoms with van der Waals surface area (Å²) in [6.45, 7) is 9.13. The molecule has 16 heavy (non-hydrogen) atoms. The number of hydrogen-bond donors (Lipinski definition) is 1. The van der Waals surface area contributed by atoms with Gasteiger partial charge in [0.1, 0.15) is 0 Å². The summed E-state index contributed by atoms with van der Waals surface area (Å²) in [5, 5.41) is 0. The highest BCUT2D eigenvalue weighted by atomic mass is 15.0. The van der Waals surface area contributed by atoms with Gasteiger partial charge in [-0.05, 0) is 36.7 Å². The van der Waals surface area contributed by atoms with Gasteiger partial charge in [0.05, 0.1) is 5.69 Å². The van der Waals surface area contributed by atoms with Crippen molar-refractivity contribution < 1.29 is 0 Å². The van der Waals surface area contributed by atoms with Gasteiger partial charge in [0, 0.05) is 11.1 Å². The van der Waals surface area contributed by atoms with E-state index in [1.165, 1.54) is 24.1 Å². The number of hydrogen-bond acceptors (Lipinski definition) is 3. The molecule has 3 rings (SSSR count). The summed E-state index contributed by atoms with van der Waals surface area (Å²) in [6.07, 6.45) is 2.50. The Kier molecular flexibility index (Phi) is 1.62. The van der Waals surface area contributed by atoms with Crippen LogP contribution in [0.2, 0.25) is 0 Å². The third-order valence-corrected chi connectivity index (χ3v) is 5.25. The van der Waals surface area contributed by atoms with E-state index >= 15 is 0 Å². The molecule has 0 saturated heterocycles. The van der Waals surface area contributed by atoms with Crippen molar-refractivity contribution in [2.45, 2.75) is 51.9 Å². The maximum Gasteiger partial charge on any atom is 0.220 e. The zero-order valence-corrected chi connectivity index (χ0v) is 10.5. The van der Waals surface area contributed by atoms with Crippen LogP contribution < -0.4 is 5.73 Å². The van der Waals surface area contributed by atoms with Crippen molar-refractivity contribution in [3.05, 3.63) is 17.0 Å². The standard InChI is InChI=1S/C13H19N3/c1-7-9-8-5-6-13(4,12(8,2)3)10(9)16-11(14)15-7/h8H,5-6H2,1-4H3,(H2,14,15,16)/t8-,13+/m0/s1. The minimum Gasteiger partial charge on any atom is -0.368 e. The van der Waals surface area contributed by atoms with Crippen molar-refractivity contribution in [1.29, 1.82) is 0 Å². The van der Waals surface area contributed by atoms with Gasteiger partial charge in [0.15, 0.2) is 0 Å². The molecule has 0 aromatic carbocycles. The molecule has 3 heteroatoms. The van der Waals surface area contributed by atoms with Crippen molar-refractivity contribution in [3.63, 3.8) is 0 Å². The topological polar surface area (TPSA) is 51.8 Å². The Morgan fingerprint density at radius 1 is 1.25 bits per heavy atom. The molecular formula is C13H19N3. The predicted octanol–water partition coefficient (Wildman–Crippen LogP) is 2.54. The van der Waals surface area contributed by atoms with Crippen LogP contribution in [0.4, 0.5) is 5.95 Å². The van der Waals surface area contributed by atoms with Gasteiger partial charge in [0.25, 0.3) is 0 Å². The van der Waals surface area contributed by atoms with E-state index in [2.05, 4.69) is 37.7 Å². The molecule has 2 atom stereocenters. The van der Waals surface area contributed by atoms with E-state index in [9.17, 15) is 0 Å². The van der Waals surface area contributed by atoms with E-state index in [4.69, 9.17) is 5.73 Å². The molecule has 0 radical (unpaired) electrons. The van der Waals surface area contributed by atoms with Crippen molar-refractivity contribution >= 4 is 5.95 Å². The van der Waals surface area contributed by atoms with Gasteiger partial charge in [-0.25, -0.2) is 9.97 Å². The molecule has 0 spiro atoms. The van der Waals surface area contributed by atoms with Crippen LogP contribution in [0.5, 0.6) is 0 Å². The van der Waals surface area contributed by atoms with Gasteiger partial charge in [-0.15, -0.1) is 0 Å². The number of anilines is 1. The molecule has 1 aromatic rings. The highest BCUT2D eigenvalue weighted by Crippen LogP contribution is 2.67. The molecular weight excluding hydrogens is 198 g/mol. The molecule has 0 unspecified atom stereocenters. The molecule has 3 nitrogen and oxygen atoms in total. The van der Waals surface area contributed by atoms with E-state index in [1.54, 1.807) is 0 Å². The minimum atomic E-state index is 0.189. The highest BCUT2D eigenvalue weighted by Gasteiger charge is 2.61. The van der Waals surface area contributed by atoms with Crippen LogP contribution in [0.25, 0.3) is 0 Å². The van der Waals surface area contributed by atoms with Gasteiger partial charge in [-0.1, -0.05) is 20.8 Å². The monoisotopic (exact) mass is 217 g/mol. The quantitative estimate of drug-likeness (QED) is 0.726. The number of nitrogens with zero attached hydrogens (tertiary/aromatic N) is 2. The molecule has 2 bridgehead atoms. The lowest BCUT2D eigenvalue weighted by molar-refractivity contribution is 0.227. The molecule has 2 N–H and O–H groups in total. The maximum atomic E-state index is 5.79. The van der Waals surface area contributed by atoms with Gasteiger partial charge in [0.2, 0.25) is 5.95 Å². The van der Waals surface area contributed by atoms with Gasteiger partial charge < -0.3 is 5.73 Å². The average molecular weight is 217 g/mol. The molecule has 1 saturated carbocycles. The molecule has 1 heterocycles. The van der Waals surface area contributed by atoms with Crippen molar-refractivity contribution in [1.82, 2.24) is 9.97 Å². The van der Waals surface area contributed by atoms with Crippen LogP contribution in [-0.2, 0) is 5.41 Å². The van der Waals surface area contributed by atoms with Crippen LogP contribution in [0.3, 0.4) is 0 Å². The Bertz CT molecular complexity index is 478. The summed E-state index contributed by atoms with van der Waals surface area (Å²) < 4.78 is 0. The summed E-state index contributed by atoms with van der Waals surface area (Å²) in [5.41, 5.74) is 9.96. The molecule has 2 aliphatic rings. The normalized spacial score (nSPS) is 34.1. The van der Waals surface area contributed by atoms with E-state index in [1.807, 2.05) is 0 Å². The van der Waals surface area contributed by atoms with Crippen molar-refractivity contribution in [2.75, 3.05) is 5.73 Å². The summed E-state index contributed by atoms with van der Waals surface area (Å²) in [7, 11) is 0. The average Bonchev–Trinajstić information content (AvgIpc) is 2.48. The molecule has 1 fully saturated rings. The Balaban J connectivity index is 2.34. The zero-order chi connectivity index (χ0) is 11.7. The van der Waals surface area contributed by atoms with Crippen LogP contribution >= 0.6 is 0 Å². The fourth-order valence-electron chi connectivity index (χ4n) is 3.87. The van der Waals surface area contributed by atoms with Crippen LogP contribution in [-0.4, -0.2) is 9.97 Å². The number of aromatic nitrogens is 2. The number of rotatable bonds is 0. The Morgan fingerprint density at radius 3 is 2.62 bits per heavy atom. The van der Waals surface area contributed by atoms with Gasteiger partial charge >= 0.3 is 0 Å². The summed E-state index contributed by atoms with van der Waals surface area (Å²) in [6, 6.07) is 0. The second kappa shape index (κ2) is 2.58. The highest BCUT2D eigenvalue weighted by molar-refractivity contribution is 5.49. The minimum absolute atomic E-state index is 0.189. The zero-order valence-electron chi connectivity index (χ0n) is 10.5. The molecule has 2 aliphatic carbocycles. The maximum absolute atomic E-state index is 5.79. The summed E-state index contributed by atoms with van der Waals surface area (Å²) >= 11 is 0. The second-order valence-corrected chi connectivity index (χ2v) is 6.07. The van der Waals surface area contributed by atoms with Crippen LogP contribution in [0, 0.1) is 12.3 Å². The number of fused-ring (bicyclic) bond motifs is 5. The molecule has 0 amide bonds. The third-order valence-electron chi connectivity index (χ3n) is 5.25. The first-order chi connectivity index (χ1) is 7.38. The fourth-order valence-corrected chi connectivity index (χ4v) is 3.87. The second-order valence-electron chi connectivity index (χ2n) is 6.07. The first kappa shape index (κ1) is 10.1. The van der Waals surface area contributed by atoms with Crippen LogP contribution in [0.15, 0.2) is 0 Å². The lowest BCUT2D eigenvalue weighted by Crippen LogP contribution is -2.32. The van der Waals surface area contributed by atoms with Gasteiger partial charge in [-0.3, -0.25) is 0 Å². The summed E-state index contributed by atoms with van der Waals surface area (Å²) in [4.78, 5) is 8.86. The van der Waals surface area contributed by atoms with E-state index < -0.39 is 0 Å².